The van der Waals surface area contributed by atoms with Gasteiger partial charge < -0.3 is 10.5 Å². The van der Waals surface area contributed by atoms with Crippen LogP contribution in [-0.4, -0.2) is 45.6 Å². The van der Waals surface area contributed by atoms with E-state index in [2.05, 4.69) is 10.1 Å². The van der Waals surface area contributed by atoms with Gasteiger partial charge in [-0.1, -0.05) is 19.1 Å². The zero-order chi connectivity index (χ0) is 22.6. The van der Waals surface area contributed by atoms with Gasteiger partial charge in [-0.3, -0.25) is 4.79 Å². The number of hydrogen-bond acceptors (Lipinski definition) is 5. The van der Waals surface area contributed by atoms with E-state index in [-0.39, 0.29) is 5.92 Å². The molecular weight excluding hydrogens is 429 g/mol. The van der Waals surface area contributed by atoms with Gasteiger partial charge in [0, 0.05) is 16.2 Å². The van der Waals surface area contributed by atoms with E-state index in [4.69, 9.17) is 10.5 Å². The van der Waals surface area contributed by atoms with E-state index >= 15 is 0 Å². The average Bonchev–Trinajstić information content (AvgIpc) is 3.42. The van der Waals surface area contributed by atoms with Gasteiger partial charge in [-0.25, -0.2) is 22.8 Å². The topological polar surface area (TPSA) is 83.0 Å². The summed E-state index contributed by atoms with van der Waals surface area (Å²) in [5.74, 6) is -2.17. The van der Waals surface area contributed by atoms with Crippen LogP contribution in [0.2, 0.25) is 0 Å². The van der Waals surface area contributed by atoms with Crippen molar-refractivity contribution in [1.82, 2.24) is 14.8 Å². The predicted octanol–water partition coefficient (Wildman–Crippen LogP) is 4.28. The van der Waals surface area contributed by atoms with Crippen LogP contribution >= 0.6 is 11.8 Å². The summed E-state index contributed by atoms with van der Waals surface area (Å²) in [6.07, 6.45) is 4.63. The molecule has 0 fully saturated rings. The van der Waals surface area contributed by atoms with Gasteiger partial charge in [0.2, 0.25) is 5.91 Å². The van der Waals surface area contributed by atoms with Crippen LogP contribution in [0.1, 0.15) is 48.1 Å². The summed E-state index contributed by atoms with van der Waals surface area (Å²) in [4.78, 5) is 16.3. The average molecular weight is 455 g/mol. The monoisotopic (exact) mass is 454 g/mol. The largest absolute Gasteiger partial charge is 0.493 e. The fourth-order valence-corrected chi connectivity index (χ4v) is 4.49. The Morgan fingerprint density at radius 3 is 2.90 bits per heavy atom. The zero-order valence-corrected chi connectivity index (χ0v) is 18.2. The summed E-state index contributed by atoms with van der Waals surface area (Å²) in [5, 5.41) is 3.89. The Morgan fingerprint density at radius 1 is 1.45 bits per heavy atom. The fraction of sp³-hybridized carbons (Fsp3) is 0.476. The molecule has 168 valence electrons. The maximum atomic E-state index is 13.8. The van der Waals surface area contributed by atoms with E-state index in [9.17, 15) is 18.0 Å². The van der Waals surface area contributed by atoms with E-state index in [1.165, 1.54) is 25.0 Å². The molecule has 1 aliphatic heterocycles. The van der Waals surface area contributed by atoms with E-state index in [1.54, 1.807) is 12.1 Å². The van der Waals surface area contributed by atoms with Gasteiger partial charge in [0.1, 0.15) is 18.1 Å². The molecule has 1 amide bonds. The van der Waals surface area contributed by atoms with Crippen LogP contribution in [0.3, 0.4) is 0 Å². The number of ether oxygens (including phenoxy) is 1. The number of halogens is 3. The molecule has 0 aliphatic carbocycles. The molecule has 0 bridgehead atoms. The van der Waals surface area contributed by atoms with Crippen LogP contribution in [0.15, 0.2) is 30.6 Å². The number of nitrogens with zero attached hydrogens (tertiary/aromatic N) is 3. The molecule has 0 spiro atoms. The zero-order valence-electron chi connectivity index (χ0n) is 17.4. The third-order valence-electron chi connectivity index (χ3n) is 5.27. The van der Waals surface area contributed by atoms with E-state index in [0.29, 0.717) is 30.2 Å². The lowest BCUT2D eigenvalue weighted by molar-refractivity contribution is -0.0673. The third kappa shape index (κ3) is 5.23. The van der Waals surface area contributed by atoms with Crippen molar-refractivity contribution in [1.29, 1.82) is 0 Å². The molecule has 0 saturated heterocycles. The Morgan fingerprint density at radius 2 is 2.23 bits per heavy atom. The SMILES string of the molecule is CCc1ccc(C(N)=O)cc1OCCC1C=C(c2ncnn2C(C)C(F)(F)CF)SC1. The number of aryl methyl sites for hydroxylation is 1. The summed E-state index contributed by atoms with van der Waals surface area (Å²) in [5.41, 5.74) is 6.72. The number of carbonyl (C=O) groups is 1. The van der Waals surface area contributed by atoms with Crippen LogP contribution in [0.5, 0.6) is 5.75 Å². The van der Waals surface area contributed by atoms with Crippen molar-refractivity contribution in [3.8, 4) is 5.75 Å². The Balaban J connectivity index is 1.65. The molecule has 3 rings (SSSR count). The number of nitrogens with two attached hydrogens (primary N) is 1. The summed E-state index contributed by atoms with van der Waals surface area (Å²) >= 11 is 1.50. The normalized spacial score (nSPS) is 17.5. The number of primary amides is 1. The van der Waals surface area contributed by atoms with Crippen molar-refractivity contribution in [3.05, 3.63) is 47.6 Å². The first kappa shape index (κ1) is 23.2. The molecule has 0 saturated carbocycles. The highest BCUT2D eigenvalue weighted by atomic mass is 32.2. The van der Waals surface area contributed by atoms with Gasteiger partial charge in [-0.2, -0.15) is 5.10 Å². The van der Waals surface area contributed by atoms with Crippen LogP contribution in [-0.2, 0) is 6.42 Å². The van der Waals surface area contributed by atoms with Gasteiger partial charge in [0.05, 0.1) is 6.61 Å². The van der Waals surface area contributed by atoms with Crippen LogP contribution in [0.25, 0.3) is 4.91 Å². The number of alkyl halides is 3. The van der Waals surface area contributed by atoms with Gasteiger partial charge in [-0.15, -0.1) is 11.8 Å². The number of hydrogen-bond donors (Lipinski definition) is 1. The highest BCUT2D eigenvalue weighted by Gasteiger charge is 2.40. The smallest absolute Gasteiger partial charge is 0.297 e. The lowest BCUT2D eigenvalue weighted by Crippen LogP contribution is -2.32. The fourth-order valence-electron chi connectivity index (χ4n) is 3.27. The van der Waals surface area contributed by atoms with E-state index in [1.807, 2.05) is 19.1 Å². The van der Waals surface area contributed by atoms with Crippen LogP contribution in [0, 0.1) is 5.92 Å². The number of rotatable bonds is 10. The second kappa shape index (κ2) is 9.76. The summed E-state index contributed by atoms with van der Waals surface area (Å²) < 4.78 is 47.3. The van der Waals surface area contributed by atoms with E-state index < -0.39 is 24.5 Å². The molecular formula is C21H25F3N4O2S. The van der Waals surface area contributed by atoms with Crippen molar-refractivity contribution in [2.45, 2.75) is 38.7 Å². The van der Waals surface area contributed by atoms with Crippen molar-refractivity contribution >= 4 is 22.6 Å². The van der Waals surface area contributed by atoms with Crippen molar-refractivity contribution in [3.63, 3.8) is 0 Å². The molecule has 2 heterocycles. The van der Waals surface area contributed by atoms with Crippen molar-refractivity contribution in [2.75, 3.05) is 19.0 Å². The molecule has 2 aromatic rings. The van der Waals surface area contributed by atoms with Gasteiger partial charge in [0.25, 0.3) is 5.92 Å². The minimum Gasteiger partial charge on any atom is -0.493 e. The minimum atomic E-state index is -3.52. The quantitative estimate of drug-likeness (QED) is 0.580. The first-order valence-electron chi connectivity index (χ1n) is 10.0. The highest BCUT2D eigenvalue weighted by Crippen LogP contribution is 2.39. The number of carbonyl (C=O) groups excluding carboxylic acids is 1. The highest BCUT2D eigenvalue weighted by molar-refractivity contribution is 8.08. The number of amides is 1. The summed E-state index contributed by atoms with van der Waals surface area (Å²) in [6.45, 7) is 1.90. The lowest BCUT2D eigenvalue weighted by atomic mass is 10.1. The first-order chi connectivity index (χ1) is 14.8. The Labute approximate surface area is 183 Å². The number of benzene rings is 1. The lowest BCUT2D eigenvalue weighted by Gasteiger charge is -2.22. The van der Waals surface area contributed by atoms with Crippen LogP contribution in [0.4, 0.5) is 13.2 Å². The Bertz CT molecular complexity index is 964. The number of aromatic nitrogens is 3. The predicted molar refractivity (Wildman–Crippen MR) is 114 cm³/mol. The van der Waals surface area contributed by atoms with Crippen LogP contribution < -0.4 is 10.5 Å². The third-order valence-corrected chi connectivity index (χ3v) is 6.49. The molecule has 2 atom stereocenters. The molecule has 0 radical (unpaired) electrons. The second-order valence-electron chi connectivity index (χ2n) is 7.38. The standard InChI is InChI=1S/C21H25F3N4O2S/c1-3-15-4-5-16(19(25)29)9-17(15)30-7-6-14-8-18(31-10-14)20-26-12-27-28(20)13(2)21(23,24)11-22/h4-5,8-9,12-14H,3,6-7,10-11H2,1-2H3,(H2,25,29). The maximum Gasteiger partial charge on any atom is 0.297 e. The first-order valence-corrected chi connectivity index (χ1v) is 11.0. The molecule has 1 aromatic heterocycles. The molecule has 31 heavy (non-hydrogen) atoms. The Hall–Kier alpha value is -2.49. The van der Waals surface area contributed by atoms with Gasteiger partial charge in [0.15, 0.2) is 12.5 Å². The van der Waals surface area contributed by atoms with Crippen molar-refractivity contribution < 1.29 is 22.7 Å². The number of thioether (sulfide) groups is 1. The molecule has 1 aliphatic rings. The molecule has 1 aromatic carbocycles. The number of allylic oxidation sites excluding steroid dienone is 1. The summed E-state index contributed by atoms with van der Waals surface area (Å²) in [6, 6.07) is 3.73. The molecule has 10 heteroatoms. The maximum absolute atomic E-state index is 13.8. The van der Waals surface area contributed by atoms with E-state index in [0.717, 1.165) is 27.3 Å². The Kier molecular flexibility index (Phi) is 7.30. The second-order valence-corrected chi connectivity index (χ2v) is 8.44. The molecule has 2 unspecified atom stereocenters. The van der Waals surface area contributed by atoms with Crippen molar-refractivity contribution in [2.24, 2.45) is 11.7 Å². The van der Waals surface area contributed by atoms with Gasteiger partial charge >= 0.3 is 0 Å². The summed E-state index contributed by atoms with van der Waals surface area (Å²) in [7, 11) is 0. The molecule has 2 N–H and O–H groups in total. The van der Waals surface area contributed by atoms with Gasteiger partial charge in [-0.05, 0) is 43.4 Å². The molecule has 6 nitrogen and oxygen atoms in total. The minimum absolute atomic E-state index is 0.159.